The molecule has 4 atom stereocenters. The second-order valence-corrected chi connectivity index (χ2v) is 2.36. The van der Waals surface area contributed by atoms with Crippen LogP contribution in [0.15, 0.2) is 0 Å². The number of hydrogen-bond acceptors (Lipinski definition) is 6. The molecule has 7 heteroatoms. The van der Waals surface area contributed by atoms with E-state index in [0.29, 0.717) is 0 Å². The van der Waals surface area contributed by atoms with Crippen molar-refractivity contribution in [2.24, 2.45) is 0 Å². The van der Waals surface area contributed by atoms with Crippen LogP contribution in [0.25, 0.3) is 0 Å². The van der Waals surface area contributed by atoms with Crippen molar-refractivity contribution in [3.63, 3.8) is 0 Å². The van der Waals surface area contributed by atoms with Crippen molar-refractivity contribution in [2.75, 3.05) is 6.61 Å². The Morgan fingerprint density at radius 3 is 1.85 bits per heavy atom. The van der Waals surface area contributed by atoms with E-state index in [-0.39, 0.29) is 32.5 Å². The molecule has 0 aromatic rings. The Morgan fingerprint density at radius 1 is 1.08 bits per heavy atom. The predicted octanol–water partition coefficient (Wildman–Crippen LogP) is -4.56. The Kier molecular flexibility index (Phi) is 9.40. The summed E-state index contributed by atoms with van der Waals surface area (Å²) in [7, 11) is 0. The molecule has 0 amide bonds. The fourth-order valence-corrected chi connectivity index (χ4v) is 0.618. The molecule has 80 valence electrons. The first-order chi connectivity index (χ1) is 5.54. The monoisotopic (exact) mass is 392 g/mol. The first-order valence-corrected chi connectivity index (χ1v) is 3.33. The summed E-state index contributed by atoms with van der Waals surface area (Å²) in [5.41, 5.74) is 0. The maximum absolute atomic E-state index is 9.90. The molecule has 0 heterocycles. The molecule has 0 aliphatic heterocycles. The number of carbonyl (C=O) groups excluding carboxylic acids is 1. The van der Waals surface area contributed by atoms with Gasteiger partial charge >= 0.3 is 26.2 Å². The summed E-state index contributed by atoms with van der Waals surface area (Å²) in [5, 5.41) is 43.5. The molecular weight excluding hydrogens is 377 g/mol. The van der Waals surface area contributed by atoms with E-state index in [1.165, 1.54) is 0 Å². The molecule has 0 bridgehead atoms. The number of carbonyl (C=O) groups is 1. The first-order valence-electron chi connectivity index (χ1n) is 3.33. The Balaban J connectivity index is 0. The third kappa shape index (κ3) is 4.95. The number of rotatable bonds is 5. The number of aldehydes is 1. The topological polar surface area (TPSA) is 118 Å². The minimum atomic E-state index is -1.79. The quantitative estimate of drug-likeness (QED) is 0.238. The van der Waals surface area contributed by atoms with Gasteiger partial charge in [0, 0.05) is 0 Å². The van der Waals surface area contributed by atoms with Crippen LogP contribution in [0.4, 0.5) is 0 Å². The van der Waals surface area contributed by atoms with E-state index in [1.807, 2.05) is 0 Å². The van der Waals surface area contributed by atoms with Crippen LogP contribution in [-0.2, 0) is 4.79 Å². The summed E-state index contributed by atoms with van der Waals surface area (Å²) < 4.78 is 0. The van der Waals surface area contributed by atoms with Gasteiger partial charge in [-0.1, -0.05) is 0 Å². The molecule has 0 saturated carbocycles. The van der Waals surface area contributed by atoms with E-state index in [2.05, 4.69) is 0 Å². The summed E-state index contributed by atoms with van der Waals surface area (Å²) in [6.45, 7) is -0.760. The van der Waals surface area contributed by atoms with Crippen molar-refractivity contribution in [3.8, 4) is 0 Å². The van der Waals surface area contributed by atoms with Crippen molar-refractivity contribution >= 4 is 32.5 Å². The van der Waals surface area contributed by atoms with E-state index >= 15 is 0 Å². The molecule has 0 fully saturated rings. The second kappa shape index (κ2) is 7.73. The summed E-state index contributed by atoms with van der Waals surface area (Å²) in [5.74, 6) is 0. The summed E-state index contributed by atoms with van der Waals surface area (Å²) in [4.78, 5) is 9.90. The van der Waals surface area contributed by atoms with Crippen LogP contribution in [0.1, 0.15) is 0 Å². The van der Waals surface area contributed by atoms with Gasteiger partial charge < -0.3 is 30.3 Å². The van der Waals surface area contributed by atoms with Gasteiger partial charge in [0.15, 0.2) is 6.29 Å². The van der Waals surface area contributed by atoms with Crippen LogP contribution in [0, 0.1) is 0 Å². The molecule has 0 aliphatic rings. The van der Waals surface area contributed by atoms with E-state index in [4.69, 9.17) is 25.5 Å². The van der Waals surface area contributed by atoms with Crippen LogP contribution >= 0.6 is 0 Å². The average Bonchev–Trinajstić information content (AvgIpc) is 2.12. The van der Waals surface area contributed by atoms with E-state index in [0.717, 1.165) is 0 Å². The third-order valence-electron chi connectivity index (χ3n) is 1.42. The van der Waals surface area contributed by atoms with Gasteiger partial charge in [-0.25, -0.2) is 0 Å². The van der Waals surface area contributed by atoms with Gasteiger partial charge in [0.2, 0.25) is 0 Å². The van der Waals surface area contributed by atoms with Crippen molar-refractivity contribution in [1.82, 2.24) is 0 Å². The molecule has 0 spiro atoms. The van der Waals surface area contributed by atoms with Crippen molar-refractivity contribution in [1.29, 1.82) is 0 Å². The SMILES string of the molecule is O=C[C@H](O)[C@@H](O)[C@H](O)[C@H](O)CO.[BiH3]. The summed E-state index contributed by atoms with van der Waals surface area (Å²) in [6.07, 6.45) is -6.84. The Bertz CT molecular complexity index is 143. The van der Waals surface area contributed by atoms with Gasteiger partial charge in [-0.15, -0.1) is 0 Å². The van der Waals surface area contributed by atoms with Gasteiger partial charge in [0.05, 0.1) is 6.61 Å². The van der Waals surface area contributed by atoms with Gasteiger partial charge in [-0.05, 0) is 0 Å². The fraction of sp³-hybridized carbons (Fsp3) is 0.833. The normalized spacial score (nSPS) is 19.5. The first kappa shape index (κ1) is 15.8. The number of aliphatic hydroxyl groups is 5. The summed E-state index contributed by atoms with van der Waals surface area (Å²) >= 11 is 0. The van der Waals surface area contributed by atoms with Gasteiger partial charge in [0.25, 0.3) is 0 Å². The average molecular weight is 392 g/mol. The molecule has 13 heavy (non-hydrogen) atoms. The van der Waals surface area contributed by atoms with Crippen LogP contribution in [0.5, 0.6) is 0 Å². The predicted molar refractivity (Wildman–Crippen MR) is 47.1 cm³/mol. The van der Waals surface area contributed by atoms with Gasteiger partial charge in [-0.2, -0.15) is 0 Å². The zero-order valence-electron chi connectivity index (χ0n) is 6.95. The minimum absolute atomic E-state index is 0. The second-order valence-electron chi connectivity index (χ2n) is 2.36. The molecule has 0 aromatic heterocycles. The molecular formula is C6H15BiO6. The Morgan fingerprint density at radius 2 is 1.54 bits per heavy atom. The molecule has 5 N–H and O–H groups in total. The standard InChI is InChI=1S/C6H12O6.Bi.3H/c7-1-3(9)5(11)6(12)4(10)2-8;;;;/h1,3-6,8-12H,2H2;;;;/t3-,4+,5+,6+;;;;/m0..../s1. The Hall–Kier alpha value is 0.353. The maximum atomic E-state index is 9.90. The molecule has 0 aromatic carbocycles. The number of hydrogen-bond donors (Lipinski definition) is 5. The number of aliphatic hydroxyl groups excluding tert-OH is 5. The van der Waals surface area contributed by atoms with Crippen LogP contribution < -0.4 is 0 Å². The van der Waals surface area contributed by atoms with Gasteiger partial charge in [0.1, 0.15) is 24.4 Å². The van der Waals surface area contributed by atoms with Crippen LogP contribution in [-0.4, -0.2) is 89.0 Å². The van der Waals surface area contributed by atoms with Crippen LogP contribution in [0.2, 0.25) is 0 Å². The van der Waals surface area contributed by atoms with Gasteiger partial charge in [-0.3, -0.25) is 0 Å². The van der Waals surface area contributed by atoms with Crippen LogP contribution in [0.3, 0.4) is 0 Å². The Labute approximate surface area is 93.9 Å². The third-order valence-corrected chi connectivity index (χ3v) is 1.42. The molecule has 0 unspecified atom stereocenters. The zero-order valence-corrected chi connectivity index (χ0v) is 12.4. The summed E-state index contributed by atoms with van der Waals surface area (Å²) in [6, 6.07) is 0. The van der Waals surface area contributed by atoms with E-state index in [1.54, 1.807) is 0 Å². The van der Waals surface area contributed by atoms with Crippen molar-refractivity contribution in [3.05, 3.63) is 0 Å². The molecule has 0 aliphatic carbocycles. The van der Waals surface area contributed by atoms with Crippen molar-refractivity contribution < 1.29 is 30.3 Å². The molecule has 0 radical (unpaired) electrons. The molecule has 6 nitrogen and oxygen atoms in total. The molecule has 0 saturated heterocycles. The van der Waals surface area contributed by atoms with Crippen molar-refractivity contribution in [2.45, 2.75) is 24.4 Å². The zero-order chi connectivity index (χ0) is 9.72. The van der Waals surface area contributed by atoms with E-state index < -0.39 is 31.0 Å². The fourth-order valence-electron chi connectivity index (χ4n) is 0.618. The molecule has 0 rings (SSSR count). The van der Waals surface area contributed by atoms with E-state index in [9.17, 15) is 4.79 Å².